The van der Waals surface area contributed by atoms with Crippen molar-refractivity contribution in [1.82, 2.24) is 10.6 Å². The summed E-state index contributed by atoms with van der Waals surface area (Å²) in [6.45, 7) is 0. The van der Waals surface area contributed by atoms with E-state index in [1.807, 2.05) is 0 Å². The number of hydrogen-bond donors (Lipinski definition) is 3. The average Bonchev–Trinajstić information content (AvgIpc) is 2.62. The minimum Gasteiger partial charge on any atom is -0.350 e. The summed E-state index contributed by atoms with van der Waals surface area (Å²) < 4.78 is 0. The lowest BCUT2D eigenvalue weighted by Crippen LogP contribution is -2.42. The molecule has 2 aromatic rings. The molecule has 0 aromatic heterocycles. The van der Waals surface area contributed by atoms with Crippen molar-refractivity contribution in [3.8, 4) is 0 Å². The van der Waals surface area contributed by atoms with Crippen LogP contribution in [-0.2, 0) is 12.8 Å². The Morgan fingerprint density at radius 1 is 0.750 bits per heavy atom. The third-order valence-electron chi connectivity index (χ3n) is 5.38. The minimum absolute atomic E-state index is 0.258. The number of hydrogen-bond acceptors (Lipinski definition) is 1. The van der Waals surface area contributed by atoms with Crippen molar-refractivity contribution >= 4 is 5.96 Å². The fourth-order valence-corrected chi connectivity index (χ4v) is 4.20. The van der Waals surface area contributed by atoms with Crippen LogP contribution in [0.4, 0.5) is 0 Å². The maximum absolute atomic E-state index is 8.42. The Labute approximate surface area is 144 Å². The summed E-state index contributed by atoms with van der Waals surface area (Å²) in [5, 5.41) is 15.3. The highest BCUT2D eigenvalue weighted by atomic mass is 15.2. The van der Waals surface area contributed by atoms with Crippen molar-refractivity contribution in [3.63, 3.8) is 0 Å². The van der Waals surface area contributed by atoms with Gasteiger partial charge in [-0.2, -0.15) is 0 Å². The zero-order chi connectivity index (χ0) is 16.4. The maximum Gasteiger partial charge on any atom is 0.189 e. The Morgan fingerprint density at radius 2 is 1.21 bits per heavy atom. The number of fused-ring (bicyclic) bond motifs is 2. The first-order valence-corrected chi connectivity index (χ1v) is 9.08. The first-order valence-electron chi connectivity index (χ1n) is 9.08. The SMILES string of the molecule is N=C(NC1CCCc2ccccc21)NC1CCCc2ccccc21. The van der Waals surface area contributed by atoms with Crippen molar-refractivity contribution in [2.75, 3.05) is 0 Å². The van der Waals surface area contributed by atoms with Crippen LogP contribution < -0.4 is 10.6 Å². The summed E-state index contributed by atoms with van der Waals surface area (Å²) in [4.78, 5) is 0. The van der Waals surface area contributed by atoms with E-state index in [0.717, 1.165) is 25.7 Å². The molecule has 0 bridgehead atoms. The first-order chi connectivity index (χ1) is 11.8. The van der Waals surface area contributed by atoms with Gasteiger partial charge in [0.1, 0.15) is 0 Å². The quantitative estimate of drug-likeness (QED) is 0.572. The van der Waals surface area contributed by atoms with Crippen LogP contribution in [0.1, 0.15) is 60.0 Å². The molecule has 4 rings (SSSR count). The number of guanidine groups is 1. The smallest absolute Gasteiger partial charge is 0.189 e. The molecule has 0 amide bonds. The topological polar surface area (TPSA) is 47.9 Å². The summed E-state index contributed by atoms with van der Waals surface area (Å²) in [5.74, 6) is 0.457. The van der Waals surface area contributed by atoms with E-state index in [1.165, 1.54) is 35.1 Å². The second kappa shape index (κ2) is 6.68. The number of benzene rings is 2. The van der Waals surface area contributed by atoms with Crippen molar-refractivity contribution in [1.29, 1.82) is 5.41 Å². The van der Waals surface area contributed by atoms with Gasteiger partial charge in [0.15, 0.2) is 5.96 Å². The Hall–Kier alpha value is -2.29. The molecule has 0 saturated heterocycles. The Bertz CT molecular complexity index is 676. The molecule has 2 unspecified atom stereocenters. The van der Waals surface area contributed by atoms with Crippen LogP contribution in [0.5, 0.6) is 0 Å². The predicted octanol–water partition coefficient (Wildman–Crippen LogP) is 4.26. The second-order valence-corrected chi connectivity index (χ2v) is 6.95. The normalized spacial score (nSPS) is 22.2. The molecule has 124 valence electrons. The lowest BCUT2D eigenvalue weighted by molar-refractivity contribution is 0.488. The molecule has 0 spiro atoms. The average molecular weight is 319 g/mol. The Balaban J connectivity index is 1.45. The van der Waals surface area contributed by atoms with E-state index >= 15 is 0 Å². The van der Waals surface area contributed by atoms with Gasteiger partial charge in [-0.1, -0.05) is 48.5 Å². The first kappa shape index (κ1) is 15.3. The van der Waals surface area contributed by atoms with Crippen molar-refractivity contribution < 1.29 is 0 Å². The zero-order valence-electron chi connectivity index (χ0n) is 14.0. The molecular formula is C21H25N3. The van der Waals surface area contributed by atoms with Gasteiger partial charge in [0.05, 0.1) is 12.1 Å². The van der Waals surface area contributed by atoms with E-state index in [-0.39, 0.29) is 12.1 Å². The van der Waals surface area contributed by atoms with E-state index in [9.17, 15) is 0 Å². The Morgan fingerprint density at radius 3 is 1.71 bits per heavy atom. The summed E-state index contributed by atoms with van der Waals surface area (Å²) in [6.07, 6.45) is 6.89. The van der Waals surface area contributed by atoms with Gasteiger partial charge in [-0.25, -0.2) is 0 Å². The van der Waals surface area contributed by atoms with Crippen LogP contribution >= 0.6 is 0 Å². The van der Waals surface area contributed by atoms with E-state index in [1.54, 1.807) is 0 Å². The fourth-order valence-electron chi connectivity index (χ4n) is 4.20. The lowest BCUT2D eigenvalue weighted by atomic mass is 9.87. The van der Waals surface area contributed by atoms with E-state index in [4.69, 9.17) is 5.41 Å². The fraction of sp³-hybridized carbons (Fsp3) is 0.381. The van der Waals surface area contributed by atoms with Gasteiger partial charge in [0.2, 0.25) is 0 Å². The molecule has 2 aliphatic rings. The molecule has 2 aliphatic carbocycles. The van der Waals surface area contributed by atoms with E-state index in [2.05, 4.69) is 59.2 Å². The van der Waals surface area contributed by atoms with Crippen LogP contribution in [0.2, 0.25) is 0 Å². The molecule has 2 aromatic carbocycles. The van der Waals surface area contributed by atoms with Gasteiger partial charge in [-0.15, -0.1) is 0 Å². The van der Waals surface area contributed by atoms with Gasteiger partial charge in [-0.3, -0.25) is 5.41 Å². The van der Waals surface area contributed by atoms with Crippen molar-refractivity contribution in [2.45, 2.75) is 50.6 Å². The molecule has 0 heterocycles. The summed E-state index contributed by atoms with van der Waals surface area (Å²) >= 11 is 0. The highest BCUT2D eigenvalue weighted by Gasteiger charge is 2.23. The van der Waals surface area contributed by atoms with Gasteiger partial charge >= 0.3 is 0 Å². The van der Waals surface area contributed by atoms with E-state index in [0.29, 0.717) is 5.96 Å². The number of rotatable bonds is 2. The van der Waals surface area contributed by atoms with Crippen LogP contribution in [0.3, 0.4) is 0 Å². The maximum atomic E-state index is 8.42. The van der Waals surface area contributed by atoms with Crippen molar-refractivity contribution in [2.24, 2.45) is 0 Å². The van der Waals surface area contributed by atoms with Gasteiger partial charge < -0.3 is 10.6 Å². The molecule has 2 atom stereocenters. The molecule has 0 saturated carbocycles. The second-order valence-electron chi connectivity index (χ2n) is 6.95. The molecule has 3 nitrogen and oxygen atoms in total. The summed E-state index contributed by atoms with van der Waals surface area (Å²) in [7, 11) is 0. The highest BCUT2D eigenvalue weighted by Crippen LogP contribution is 2.31. The van der Waals surface area contributed by atoms with E-state index < -0.39 is 0 Å². The van der Waals surface area contributed by atoms with Crippen LogP contribution in [0, 0.1) is 5.41 Å². The Kier molecular flexibility index (Phi) is 4.24. The molecule has 0 radical (unpaired) electrons. The number of aryl methyl sites for hydroxylation is 2. The molecule has 24 heavy (non-hydrogen) atoms. The zero-order valence-corrected chi connectivity index (χ0v) is 14.0. The van der Waals surface area contributed by atoms with Gasteiger partial charge in [0, 0.05) is 0 Å². The third kappa shape index (κ3) is 3.03. The van der Waals surface area contributed by atoms with Crippen molar-refractivity contribution in [3.05, 3.63) is 70.8 Å². The van der Waals surface area contributed by atoms with Gasteiger partial charge in [-0.05, 0) is 60.8 Å². The van der Waals surface area contributed by atoms with Crippen LogP contribution in [0.25, 0.3) is 0 Å². The lowest BCUT2D eigenvalue weighted by Gasteiger charge is -2.31. The molecule has 0 aliphatic heterocycles. The predicted molar refractivity (Wildman–Crippen MR) is 98.2 cm³/mol. The summed E-state index contributed by atoms with van der Waals surface area (Å²) in [6, 6.07) is 17.8. The van der Waals surface area contributed by atoms with Crippen LogP contribution in [0.15, 0.2) is 48.5 Å². The third-order valence-corrected chi connectivity index (χ3v) is 5.38. The molecular weight excluding hydrogens is 294 g/mol. The molecule has 3 heteroatoms. The molecule has 3 N–H and O–H groups in total. The monoisotopic (exact) mass is 319 g/mol. The standard InChI is InChI=1S/C21H25N3/c22-21(23-19-13-5-9-15-7-1-3-11-17(15)19)24-20-14-6-10-16-8-2-4-12-18(16)20/h1-4,7-8,11-12,19-20H,5-6,9-10,13-14H2,(H3,22,23,24). The van der Waals surface area contributed by atoms with Crippen LogP contribution in [-0.4, -0.2) is 5.96 Å². The summed E-state index contributed by atoms with van der Waals surface area (Å²) in [5.41, 5.74) is 5.58. The minimum atomic E-state index is 0.258. The number of nitrogens with one attached hydrogen (secondary N) is 3. The molecule has 0 fully saturated rings. The largest absolute Gasteiger partial charge is 0.350 e. The highest BCUT2D eigenvalue weighted by molar-refractivity contribution is 5.77. The van der Waals surface area contributed by atoms with Gasteiger partial charge in [0.25, 0.3) is 0 Å².